The SMILES string of the molecule is Cc1nc(N)nc(C)c1CC(=O)NC[C@H]1Cc2ccccc2CN1C. The minimum Gasteiger partial charge on any atom is -0.368 e. The van der Waals surface area contributed by atoms with Crippen molar-refractivity contribution in [1.29, 1.82) is 0 Å². The number of carbonyl (C=O) groups excluding carboxylic acids is 1. The van der Waals surface area contributed by atoms with Gasteiger partial charge in [0.25, 0.3) is 0 Å². The van der Waals surface area contributed by atoms with Gasteiger partial charge in [0.15, 0.2) is 0 Å². The van der Waals surface area contributed by atoms with Crippen molar-refractivity contribution >= 4 is 11.9 Å². The third-order valence-corrected chi connectivity index (χ3v) is 4.93. The van der Waals surface area contributed by atoms with Crippen LogP contribution in [0.5, 0.6) is 0 Å². The molecule has 0 spiro atoms. The van der Waals surface area contributed by atoms with Crippen LogP contribution >= 0.6 is 0 Å². The second kappa shape index (κ2) is 7.19. The number of rotatable bonds is 4. The van der Waals surface area contributed by atoms with Crippen molar-refractivity contribution in [2.45, 2.75) is 39.3 Å². The number of amides is 1. The summed E-state index contributed by atoms with van der Waals surface area (Å²) in [5.41, 5.74) is 10.8. The molecule has 25 heavy (non-hydrogen) atoms. The topological polar surface area (TPSA) is 84.1 Å². The summed E-state index contributed by atoms with van der Waals surface area (Å²) in [6.45, 7) is 5.28. The third kappa shape index (κ3) is 3.96. The fraction of sp³-hybridized carbons (Fsp3) is 0.421. The van der Waals surface area contributed by atoms with Gasteiger partial charge >= 0.3 is 0 Å². The van der Waals surface area contributed by atoms with Crippen LogP contribution < -0.4 is 11.1 Å². The maximum absolute atomic E-state index is 12.4. The summed E-state index contributed by atoms with van der Waals surface area (Å²) in [5, 5.41) is 3.06. The lowest BCUT2D eigenvalue weighted by atomic mass is 9.94. The van der Waals surface area contributed by atoms with E-state index in [9.17, 15) is 4.79 Å². The van der Waals surface area contributed by atoms with Crippen LogP contribution in [0.25, 0.3) is 0 Å². The van der Waals surface area contributed by atoms with E-state index in [-0.39, 0.29) is 18.3 Å². The first-order valence-corrected chi connectivity index (χ1v) is 8.57. The third-order valence-electron chi connectivity index (χ3n) is 4.93. The van der Waals surface area contributed by atoms with Gasteiger partial charge in [-0.05, 0) is 38.4 Å². The number of carbonyl (C=O) groups is 1. The number of benzene rings is 1. The van der Waals surface area contributed by atoms with Crippen LogP contribution in [0.2, 0.25) is 0 Å². The predicted molar refractivity (Wildman–Crippen MR) is 98.0 cm³/mol. The summed E-state index contributed by atoms with van der Waals surface area (Å²) >= 11 is 0. The van der Waals surface area contributed by atoms with E-state index in [1.165, 1.54) is 11.1 Å². The molecule has 0 fully saturated rings. The predicted octanol–water partition coefficient (Wildman–Crippen LogP) is 1.39. The fourth-order valence-corrected chi connectivity index (χ4v) is 3.42. The number of hydrogen-bond acceptors (Lipinski definition) is 5. The first kappa shape index (κ1) is 17.4. The lowest BCUT2D eigenvalue weighted by molar-refractivity contribution is -0.120. The molecule has 3 rings (SSSR count). The lowest BCUT2D eigenvalue weighted by Gasteiger charge is -2.34. The monoisotopic (exact) mass is 339 g/mol. The number of hydrogen-bond donors (Lipinski definition) is 2. The smallest absolute Gasteiger partial charge is 0.224 e. The molecule has 1 aromatic carbocycles. The molecule has 6 nitrogen and oxygen atoms in total. The fourth-order valence-electron chi connectivity index (χ4n) is 3.42. The first-order valence-electron chi connectivity index (χ1n) is 8.57. The Bertz CT molecular complexity index is 766. The molecule has 1 amide bonds. The van der Waals surface area contributed by atoms with Gasteiger partial charge in [0, 0.05) is 36.1 Å². The van der Waals surface area contributed by atoms with Crippen LogP contribution in [0, 0.1) is 13.8 Å². The molecule has 1 aromatic heterocycles. The maximum atomic E-state index is 12.4. The van der Waals surface area contributed by atoms with E-state index < -0.39 is 0 Å². The van der Waals surface area contributed by atoms with Crippen molar-refractivity contribution in [3.8, 4) is 0 Å². The van der Waals surface area contributed by atoms with Crippen LogP contribution in [0.4, 0.5) is 5.95 Å². The quantitative estimate of drug-likeness (QED) is 0.879. The van der Waals surface area contributed by atoms with Crippen molar-refractivity contribution in [1.82, 2.24) is 20.2 Å². The number of fused-ring (bicyclic) bond motifs is 1. The molecule has 2 heterocycles. The second-order valence-electron chi connectivity index (χ2n) is 6.75. The Morgan fingerprint density at radius 2 is 1.88 bits per heavy atom. The molecule has 1 aliphatic heterocycles. The van der Waals surface area contributed by atoms with Gasteiger partial charge in [-0.15, -0.1) is 0 Å². The summed E-state index contributed by atoms with van der Waals surface area (Å²) in [6, 6.07) is 8.81. The largest absolute Gasteiger partial charge is 0.368 e. The average Bonchev–Trinajstić information content (AvgIpc) is 2.56. The molecule has 2 aromatic rings. The van der Waals surface area contributed by atoms with Crippen molar-refractivity contribution in [3.05, 3.63) is 52.3 Å². The molecular weight excluding hydrogens is 314 g/mol. The number of anilines is 1. The molecule has 0 unspecified atom stereocenters. The first-order chi connectivity index (χ1) is 11.9. The molecule has 3 N–H and O–H groups in total. The van der Waals surface area contributed by atoms with Gasteiger partial charge < -0.3 is 11.1 Å². The number of aromatic nitrogens is 2. The van der Waals surface area contributed by atoms with Crippen LogP contribution in [-0.4, -0.2) is 40.4 Å². The number of nitrogens with two attached hydrogens (primary N) is 1. The number of nitrogens with one attached hydrogen (secondary N) is 1. The number of nitrogens with zero attached hydrogens (tertiary/aromatic N) is 3. The summed E-state index contributed by atoms with van der Waals surface area (Å²) in [7, 11) is 2.11. The minimum atomic E-state index is -0.00756. The molecule has 0 aliphatic carbocycles. The molecule has 1 aliphatic rings. The molecular formula is C19H25N5O. The van der Waals surface area contributed by atoms with Gasteiger partial charge in [-0.25, -0.2) is 9.97 Å². The standard InChI is InChI=1S/C19H25N5O/c1-12-17(13(2)23-19(20)22-12)9-18(25)21-10-16-8-14-6-4-5-7-15(14)11-24(16)3/h4-7,16H,8-11H2,1-3H3,(H,21,25)(H2,20,22,23)/t16-/m1/s1. The van der Waals surface area contributed by atoms with Crippen molar-refractivity contribution in [2.75, 3.05) is 19.3 Å². The van der Waals surface area contributed by atoms with Crippen molar-refractivity contribution in [3.63, 3.8) is 0 Å². The Morgan fingerprint density at radius 3 is 2.56 bits per heavy atom. The van der Waals surface area contributed by atoms with E-state index in [1.807, 2.05) is 13.8 Å². The highest BCUT2D eigenvalue weighted by molar-refractivity contribution is 5.79. The Labute approximate surface area is 148 Å². The molecule has 0 saturated carbocycles. The molecule has 0 saturated heterocycles. The second-order valence-corrected chi connectivity index (χ2v) is 6.75. The average molecular weight is 339 g/mol. The highest BCUT2D eigenvalue weighted by Gasteiger charge is 2.23. The van der Waals surface area contributed by atoms with E-state index in [2.05, 4.69) is 51.5 Å². The maximum Gasteiger partial charge on any atom is 0.224 e. The van der Waals surface area contributed by atoms with Crippen molar-refractivity contribution in [2.24, 2.45) is 0 Å². The summed E-state index contributed by atoms with van der Waals surface area (Å²) in [4.78, 5) is 23.0. The molecule has 6 heteroatoms. The van der Waals surface area contributed by atoms with Gasteiger partial charge in [-0.3, -0.25) is 9.69 Å². The van der Waals surface area contributed by atoms with Gasteiger partial charge in [0.2, 0.25) is 11.9 Å². The molecule has 1 atom stereocenters. The Morgan fingerprint density at radius 1 is 1.24 bits per heavy atom. The highest BCUT2D eigenvalue weighted by atomic mass is 16.1. The molecule has 132 valence electrons. The Kier molecular flexibility index (Phi) is 4.99. The highest BCUT2D eigenvalue weighted by Crippen LogP contribution is 2.21. The zero-order valence-corrected chi connectivity index (χ0v) is 15.0. The van der Waals surface area contributed by atoms with Gasteiger partial charge in [0.1, 0.15) is 0 Å². The number of nitrogen functional groups attached to an aromatic ring is 1. The minimum absolute atomic E-state index is 0.00756. The summed E-state index contributed by atoms with van der Waals surface area (Å²) < 4.78 is 0. The van der Waals surface area contributed by atoms with E-state index in [4.69, 9.17) is 5.73 Å². The van der Waals surface area contributed by atoms with Crippen LogP contribution in [0.15, 0.2) is 24.3 Å². The van der Waals surface area contributed by atoms with Gasteiger partial charge in [-0.2, -0.15) is 0 Å². The molecule has 0 radical (unpaired) electrons. The van der Waals surface area contributed by atoms with Gasteiger partial charge in [-0.1, -0.05) is 24.3 Å². The van der Waals surface area contributed by atoms with Crippen molar-refractivity contribution < 1.29 is 4.79 Å². The summed E-state index contributed by atoms with van der Waals surface area (Å²) in [6.07, 6.45) is 1.24. The van der Waals surface area contributed by atoms with E-state index >= 15 is 0 Å². The number of aryl methyl sites for hydroxylation is 2. The van der Waals surface area contributed by atoms with Crippen LogP contribution in [-0.2, 0) is 24.2 Å². The number of likely N-dealkylation sites (N-methyl/N-ethyl adjacent to an activating group) is 1. The van der Waals surface area contributed by atoms with Gasteiger partial charge in [0.05, 0.1) is 6.42 Å². The zero-order valence-electron chi connectivity index (χ0n) is 15.0. The normalized spacial score (nSPS) is 17.2. The lowest BCUT2D eigenvalue weighted by Crippen LogP contribution is -2.45. The molecule has 0 bridgehead atoms. The van der Waals surface area contributed by atoms with E-state index in [0.29, 0.717) is 12.6 Å². The summed E-state index contributed by atoms with van der Waals surface area (Å²) in [5.74, 6) is 0.244. The zero-order chi connectivity index (χ0) is 18.0. The van der Waals surface area contributed by atoms with E-state index in [1.54, 1.807) is 0 Å². The van der Waals surface area contributed by atoms with E-state index in [0.717, 1.165) is 29.9 Å². The Balaban J connectivity index is 1.60. The Hall–Kier alpha value is -2.47. The van der Waals surface area contributed by atoms with Crippen LogP contribution in [0.1, 0.15) is 28.1 Å². The van der Waals surface area contributed by atoms with Crippen LogP contribution in [0.3, 0.4) is 0 Å².